The Morgan fingerprint density at radius 2 is 2.11 bits per heavy atom. The monoisotopic (exact) mass is 261 g/mol. The minimum absolute atomic E-state index is 0.103. The zero-order valence-corrected chi connectivity index (χ0v) is 10.6. The molecule has 0 radical (unpaired) electrons. The van der Waals surface area contributed by atoms with Gasteiger partial charge in [0.1, 0.15) is 11.5 Å². The summed E-state index contributed by atoms with van der Waals surface area (Å²) in [5.74, 6) is 0.319. The summed E-state index contributed by atoms with van der Waals surface area (Å²) in [5.41, 5.74) is 1.26. The highest BCUT2D eigenvalue weighted by Crippen LogP contribution is 2.29. The molecule has 0 saturated heterocycles. The number of rotatable bonds is 5. The Kier molecular flexibility index (Phi) is 3.85. The molecule has 1 heterocycles. The van der Waals surface area contributed by atoms with Crippen LogP contribution >= 0.6 is 0 Å². The maximum absolute atomic E-state index is 10.5. The van der Waals surface area contributed by atoms with E-state index >= 15 is 0 Å². The molecule has 1 aromatic carbocycles. The highest BCUT2D eigenvalue weighted by molar-refractivity contribution is 5.66. The molecule has 5 heteroatoms. The number of phenols is 1. The molecule has 0 saturated carbocycles. The number of aromatic hydroxyl groups is 1. The van der Waals surface area contributed by atoms with Gasteiger partial charge >= 0.3 is 5.97 Å². The molecule has 0 bridgehead atoms. The third kappa shape index (κ3) is 3.13. The van der Waals surface area contributed by atoms with Crippen molar-refractivity contribution < 1.29 is 19.4 Å². The number of aliphatic carboxylic acids is 1. The van der Waals surface area contributed by atoms with Gasteiger partial charge in [-0.1, -0.05) is 12.1 Å². The number of para-hydroxylation sites is 1. The molecule has 0 amide bonds. The van der Waals surface area contributed by atoms with Crippen molar-refractivity contribution in [2.45, 2.75) is 26.2 Å². The van der Waals surface area contributed by atoms with Crippen molar-refractivity contribution in [3.05, 3.63) is 35.7 Å². The number of aryl methyl sites for hydroxylation is 2. The summed E-state index contributed by atoms with van der Waals surface area (Å²) < 4.78 is 5.60. The molecule has 0 aliphatic heterocycles. The van der Waals surface area contributed by atoms with E-state index in [1.54, 1.807) is 24.3 Å². The van der Waals surface area contributed by atoms with E-state index in [0.29, 0.717) is 30.1 Å². The first-order chi connectivity index (χ1) is 9.08. The smallest absolute Gasteiger partial charge is 0.303 e. The second-order valence-corrected chi connectivity index (χ2v) is 4.29. The van der Waals surface area contributed by atoms with E-state index in [1.165, 1.54) is 0 Å². The van der Waals surface area contributed by atoms with Gasteiger partial charge in [0.15, 0.2) is 0 Å². The molecule has 1 aromatic heterocycles. The van der Waals surface area contributed by atoms with Crippen LogP contribution in [0.1, 0.15) is 24.3 Å². The van der Waals surface area contributed by atoms with Crippen LogP contribution in [-0.4, -0.2) is 21.2 Å². The maximum Gasteiger partial charge on any atom is 0.303 e. The Balaban J connectivity index is 2.17. The second kappa shape index (κ2) is 5.56. The number of oxazole rings is 1. The minimum atomic E-state index is -0.821. The minimum Gasteiger partial charge on any atom is -0.507 e. The van der Waals surface area contributed by atoms with Crippen molar-refractivity contribution in [2.75, 3.05) is 0 Å². The lowest BCUT2D eigenvalue weighted by atomic mass is 10.2. The molecule has 5 nitrogen and oxygen atoms in total. The molecular weight excluding hydrogens is 246 g/mol. The van der Waals surface area contributed by atoms with E-state index in [0.717, 1.165) is 5.69 Å². The molecular formula is C14H15NO4. The standard InChI is InChI=1S/C14H15NO4/c1-9-12(7-4-8-13(17)18)19-14(15-9)10-5-2-3-6-11(10)16/h2-3,5-6,16H,4,7-8H2,1H3,(H,17,18). The zero-order valence-electron chi connectivity index (χ0n) is 10.6. The molecule has 0 spiro atoms. The van der Waals surface area contributed by atoms with Crippen LogP contribution in [0.25, 0.3) is 11.5 Å². The Morgan fingerprint density at radius 3 is 2.79 bits per heavy atom. The highest BCUT2D eigenvalue weighted by atomic mass is 16.4. The number of hydrogen-bond acceptors (Lipinski definition) is 4. The van der Waals surface area contributed by atoms with Gasteiger partial charge in [-0.25, -0.2) is 4.98 Å². The van der Waals surface area contributed by atoms with E-state index in [9.17, 15) is 9.90 Å². The van der Waals surface area contributed by atoms with Crippen LogP contribution in [0.4, 0.5) is 0 Å². The number of carboxylic acid groups (broad SMARTS) is 1. The zero-order chi connectivity index (χ0) is 13.8. The average Bonchev–Trinajstić information content (AvgIpc) is 2.71. The van der Waals surface area contributed by atoms with Gasteiger partial charge in [-0.15, -0.1) is 0 Å². The van der Waals surface area contributed by atoms with Gasteiger partial charge in [0, 0.05) is 12.8 Å². The van der Waals surface area contributed by atoms with Crippen LogP contribution in [0.2, 0.25) is 0 Å². The summed E-state index contributed by atoms with van der Waals surface area (Å²) >= 11 is 0. The van der Waals surface area contributed by atoms with Crippen LogP contribution in [0, 0.1) is 6.92 Å². The Labute approximate surface area is 110 Å². The van der Waals surface area contributed by atoms with Crippen molar-refractivity contribution in [1.29, 1.82) is 0 Å². The molecule has 19 heavy (non-hydrogen) atoms. The molecule has 0 fully saturated rings. The summed E-state index contributed by atoms with van der Waals surface area (Å²) in [5, 5.41) is 18.3. The molecule has 100 valence electrons. The van der Waals surface area contributed by atoms with E-state index in [4.69, 9.17) is 9.52 Å². The number of nitrogens with zero attached hydrogens (tertiary/aromatic N) is 1. The van der Waals surface area contributed by atoms with E-state index in [-0.39, 0.29) is 12.2 Å². The molecule has 2 aromatic rings. The van der Waals surface area contributed by atoms with Crippen LogP contribution in [0.15, 0.2) is 28.7 Å². The number of carboxylic acids is 1. The number of carbonyl (C=O) groups is 1. The first-order valence-corrected chi connectivity index (χ1v) is 6.04. The van der Waals surface area contributed by atoms with Gasteiger partial charge in [0.2, 0.25) is 5.89 Å². The fourth-order valence-electron chi connectivity index (χ4n) is 1.83. The number of phenolic OH excluding ortho intramolecular Hbond substituents is 1. The van der Waals surface area contributed by atoms with Crippen LogP contribution < -0.4 is 0 Å². The van der Waals surface area contributed by atoms with Gasteiger partial charge < -0.3 is 14.6 Å². The van der Waals surface area contributed by atoms with Crippen LogP contribution in [0.3, 0.4) is 0 Å². The number of benzene rings is 1. The SMILES string of the molecule is Cc1nc(-c2ccccc2O)oc1CCCC(=O)O. The number of aromatic nitrogens is 1. The van der Waals surface area contributed by atoms with Crippen molar-refractivity contribution in [3.63, 3.8) is 0 Å². The van der Waals surface area contributed by atoms with E-state index < -0.39 is 5.97 Å². The summed E-state index contributed by atoms with van der Waals surface area (Å²) in [7, 11) is 0. The van der Waals surface area contributed by atoms with E-state index in [2.05, 4.69) is 4.98 Å². The highest BCUT2D eigenvalue weighted by Gasteiger charge is 2.14. The fourth-order valence-corrected chi connectivity index (χ4v) is 1.83. The van der Waals surface area contributed by atoms with Crippen molar-refractivity contribution >= 4 is 5.97 Å². The predicted molar refractivity (Wildman–Crippen MR) is 68.9 cm³/mol. The largest absolute Gasteiger partial charge is 0.507 e. The summed E-state index contributed by atoms with van der Waals surface area (Å²) in [6.07, 6.45) is 1.14. The van der Waals surface area contributed by atoms with Gasteiger partial charge in [-0.3, -0.25) is 4.79 Å². The predicted octanol–water partition coefficient (Wildman–Crippen LogP) is 2.76. The van der Waals surface area contributed by atoms with Crippen LogP contribution in [-0.2, 0) is 11.2 Å². The fraction of sp³-hybridized carbons (Fsp3) is 0.286. The molecule has 2 rings (SSSR count). The Bertz CT molecular complexity index is 589. The van der Waals surface area contributed by atoms with Gasteiger partial charge in [0.25, 0.3) is 0 Å². The number of hydrogen-bond donors (Lipinski definition) is 2. The third-order valence-electron chi connectivity index (χ3n) is 2.82. The van der Waals surface area contributed by atoms with Gasteiger partial charge in [0.05, 0.1) is 11.3 Å². The van der Waals surface area contributed by atoms with Gasteiger partial charge in [-0.05, 0) is 25.5 Å². The second-order valence-electron chi connectivity index (χ2n) is 4.29. The molecule has 0 aliphatic rings. The Morgan fingerprint density at radius 1 is 1.37 bits per heavy atom. The Hall–Kier alpha value is -2.30. The lowest BCUT2D eigenvalue weighted by molar-refractivity contribution is -0.137. The maximum atomic E-state index is 10.5. The van der Waals surface area contributed by atoms with Crippen molar-refractivity contribution in [3.8, 4) is 17.2 Å². The first-order valence-electron chi connectivity index (χ1n) is 6.04. The molecule has 0 aliphatic carbocycles. The summed E-state index contributed by atoms with van der Waals surface area (Å²) in [6.45, 7) is 1.81. The lowest BCUT2D eigenvalue weighted by Crippen LogP contribution is -1.95. The normalized spacial score (nSPS) is 10.6. The van der Waals surface area contributed by atoms with Crippen LogP contribution in [0.5, 0.6) is 5.75 Å². The summed E-state index contributed by atoms with van der Waals surface area (Å²) in [4.78, 5) is 14.7. The van der Waals surface area contributed by atoms with Crippen molar-refractivity contribution in [2.24, 2.45) is 0 Å². The molecule has 2 N–H and O–H groups in total. The lowest BCUT2D eigenvalue weighted by Gasteiger charge is -1.98. The quantitative estimate of drug-likeness (QED) is 0.864. The average molecular weight is 261 g/mol. The summed E-state index contributed by atoms with van der Waals surface area (Å²) in [6, 6.07) is 6.81. The first kappa shape index (κ1) is 13.1. The third-order valence-corrected chi connectivity index (χ3v) is 2.82. The molecule has 0 atom stereocenters. The van der Waals surface area contributed by atoms with Gasteiger partial charge in [-0.2, -0.15) is 0 Å². The molecule has 0 unspecified atom stereocenters. The van der Waals surface area contributed by atoms with E-state index in [1.807, 2.05) is 6.92 Å². The van der Waals surface area contributed by atoms with Crippen molar-refractivity contribution in [1.82, 2.24) is 4.98 Å². The topological polar surface area (TPSA) is 83.6 Å².